The van der Waals surface area contributed by atoms with E-state index in [9.17, 15) is 4.79 Å². The molecular formula is C22H31N5OS3. The number of anilines is 1. The predicted octanol–water partition coefficient (Wildman–Crippen LogP) is 3.95. The molecule has 31 heavy (non-hydrogen) atoms. The van der Waals surface area contributed by atoms with Crippen molar-refractivity contribution < 1.29 is 0 Å². The van der Waals surface area contributed by atoms with Crippen molar-refractivity contribution in [3.63, 3.8) is 0 Å². The average Bonchev–Trinajstić information content (AvgIpc) is 3.32. The molecule has 0 aliphatic rings. The number of rotatable bonds is 12. The zero-order valence-electron chi connectivity index (χ0n) is 18.6. The van der Waals surface area contributed by atoms with Crippen molar-refractivity contribution in [2.24, 2.45) is 0 Å². The van der Waals surface area contributed by atoms with Crippen LogP contribution in [0.3, 0.4) is 0 Å². The number of nitrogens with one attached hydrogen (secondary N) is 2. The van der Waals surface area contributed by atoms with E-state index in [1.807, 2.05) is 23.1 Å². The van der Waals surface area contributed by atoms with Gasteiger partial charge in [0.05, 0.1) is 0 Å². The largest absolute Gasteiger partial charge is 0.355 e. The maximum absolute atomic E-state index is 12.4. The Bertz CT molecular complexity index is 1010. The Morgan fingerprint density at radius 2 is 1.58 bits per heavy atom. The number of nitrogens with zero attached hydrogens (tertiary/aromatic N) is 3. The zero-order valence-corrected chi connectivity index (χ0v) is 21.1. The second-order valence-corrected chi connectivity index (χ2v) is 11.6. The molecule has 0 aromatic carbocycles. The lowest BCUT2D eigenvalue weighted by atomic mass is 10.2. The highest BCUT2D eigenvalue weighted by molar-refractivity contribution is 7.98. The minimum atomic E-state index is -0.0697. The van der Waals surface area contributed by atoms with Crippen molar-refractivity contribution in [2.75, 3.05) is 45.8 Å². The Hall–Kier alpha value is -1.65. The van der Waals surface area contributed by atoms with Crippen LogP contribution in [0.1, 0.15) is 25.1 Å². The van der Waals surface area contributed by atoms with Crippen molar-refractivity contribution >= 4 is 40.4 Å². The molecule has 0 aliphatic heterocycles. The summed E-state index contributed by atoms with van der Waals surface area (Å²) >= 11 is 5.51. The third kappa shape index (κ3) is 8.08. The van der Waals surface area contributed by atoms with E-state index < -0.39 is 0 Å². The molecule has 0 radical (unpaired) electrons. The van der Waals surface area contributed by atoms with E-state index in [4.69, 9.17) is 0 Å². The van der Waals surface area contributed by atoms with Gasteiger partial charge in [-0.3, -0.25) is 9.78 Å². The zero-order chi connectivity index (χ0) is 22.2. The molecule has 0 bridgehead atoms. The number of hydrogen-bond acceptors (Lipinski definition) is 8. The molecule has 3 aromatic heterocycles. The van der Waals surface area contributed by atoms with E-state index in [1.54, 1.807) is 17.5 Å². The lowest BCUT2D eigenvalue weighted by molar-refractivity contribution is 0.406. The van der Waals surface area contributed by atoms with E-state index in [-0.39, 0.29) is 5.56 Å². The standard InChI is InChI=1S/C22H31N5OS3/c1-26(2)13-18-6-5-17(30-18)11-16-12-24-22(25-21(16)28)23-9-10-29-15-20-8-7-19(31-20)14-27(3)4/h5-8,12H,9-11,13-15H2,1-4H3,(H2,23,24,25,28). The molecule has 0 spiro atoms. The van der Waals surface area contributed by atoms with Crippen molar-refractivity contribution in [3.8, 4) is 0 Å². The minimum Gasteiger partial charge on any atom is -0.355 e. The molecule has 0 fully saturated rings. The molecule has 9 heteroatoms. The quantitative estimate of drug-likeness (QED) is 0.385. The summed E-state index contributed by atoms with van der Waals surface area (Å²) in [6.45, 7) is 2.68. The lowest BCUT2D eigenvalue weighted by Crippen LogP contribution is -2.18. The molecule has 3 rings (SSSR count). The van der Waals surface area contributed by atoms with Gasteiger partial charge >= 0.3 is 0 Å². The van der Waals surface area contributed by atoms with E-state index in [0.29, 0.717) is 17.9 Å². The number of thiophene rings is 2. The lowest BCUT2D eigenvalue weighted by Gasteiger charge is -2.07. The topological polar surface area (TPSA) is 64.3 Å². The van der Waals surface area contributed by atoms with Crippen LogP contribution in [0.5, 0.6) is 0 Å². The third-order valence-electron chi connectivity index (χ3n) is 4.40. The summed E-state index contributed by atoms with van der Waals surface area (Å²) in [7, 11) is 8.30. The molecule has 2 N–H and O–H groups in total. The molecule has 0 saturated carbocycles. The number of aromatic amines is 1. The van der Waals surface area contributed by atoms with E-state index in [0.717, 1.165) is 31.1 Å². The first kappa shape index (κ1) is 24.0. The molecule has 0 amide bonds. The predicted molar refractivity (Wildman–Crippen MR) is 136 cm³/mol. The SMILES string of the molecule is CN(C)Cc1ccc(CSCCNc2ncc(Cc3ccc(CN(C)C)s3)c(=O)[nH]2)s1. The summed E-state index contributed by atoms with van der Waals surface area (Å²) in [5.74, 6) is 2.51. The fraction of sp³-hybridized carbons (Fsp3) is 0.455. The Morgan fingerprint density at radius 1 is 0.968 bits per heavy atom. The maximum Gasteiger partial charge on any atom is 0.255 e. The van der Waals surface area contributed by atoms with Crippen LogP contribution in [0.2, 0.25) is 0 Å². The van der Waals surface area contributed by atoms with Crippen LogP contribution < -0.4 is 10.9 Å². The summed E-state index contributed by atoms with van der Waals surface area (Å²) < 4.78 is 0. The van der Waals surface area contributed by atoms with E-state index in [1.165, 1.54) is 19.5 Å². The fourth-order valence-corrected chi connectivity index (χ4v) is 6.31. The van der Waals surface area contributed by atoms with Crippen molar-refractivity contribution in [2.45, 2.75) is 25.3 Å². The van der Waals surface area contributed by atoms with Gasteiger partial charge in [-0.15, -0.1) is 22.7 Å². The van der Waals surface area contributed by atoms with Gasteiger partial charge in [0.25, 0.3) is 5.56 Å². The van der Waals surface area contributed by atoms with Gasteiger partial charge in [0.1, 0.15) is 0 Å². The van der Waals surface area contributed by atoms with Crippen LogP contribution in [0.4, 0.5) is 5.95 Å². The molecular weight excluding hydrogens is 446 g/mol. The van der Waals surface area contributed by atoms with Gasteiger partial charge in [0, 0.05) is 68.8 Å². The molecule has 0 aliphatic carbocycles. The van der Waals surface area contributed by atoms with Gasteiger partial charge in [-0.2, -0.15) is 11.8 Å². The molecule has 0 unspecified atom stereocenters. The Kier molecular flexibility index (Phi) is 9.15. The van der Waals surface area contributed by atoms with Gasteiger partial charge in [0.2, 0.25) is 5.95 Å². The van der Waals surface area contributed by atoms with Crippen LogP contribution in [0.15, 0.2) is 35.3 Å². The highest BCUT2D eigenvalue weighted by Crippen LogP contribution is 2.22. The highest BCUT2D eigenvalue weighted by Gasteiger charge is 2.07. The van der Waals surface area contributed by atoms with Crippen molar-refractivity contribution in [1.29, 1.82) is 0 Å². The van der Waals surface area contributed by atoms with Crippen LogP contribution in [-0.4, -0.2) is 60.3 Å². The summed E-state index contributed by atoms with van der Waals surface area (Å²) in [5, 5.41) is 3.23. The molecule has 3 heterocycles. The van der Waals surface area contributed by atoms with Crippen LogP contribution in [0, 0.1) is 0 Å². The number of thioether (sulfide) groups is 1. The average molecular weight is 478 g/mol. The Morgan fingerprint density at radius 3 is 2.23 bits per heavy atom. The van der Waals surface area contributed by atoms with Gasteiger partial charge in [-0.1, -0.05) is 0 Å². The molecule has 0 atom stereocenters. The monoisotopic (exact) mass is 477 g/mol. The maximum atomic E-state index is 12.4. The first-order chi connectivity index (χ1) is 14.9. The normalized spacial score (nSPS) is 11.5. The molecule has 6 nitrogen and oxygen atoms in total. The summed E-state index contributed by atoms with van der Waals surface area (Å²) in [6, 6.07) is 8.67. The molecule has 168 valence electrons. The minimum absolute atomic E-state index is 0.0697. The second-order valence-electron chi connectivity index (χ2n) is 7.95. The second kappa shape index (κ2) is 11.8. The van der Waals surface area contributed by atoms with Crippen LogP contribution >= 0.6 is 34.4 Å². The van der Waals surface area contributed by atoms with Gasteiger partial charge in [-0.05, 0) is 52.5 Å². The first-order valence-electron chi connectivity index (χ1n) is 10.2. The highest BCUT2D eigenvalue weighted by atomic mass is 32.2. The van der Waals surface area contributed by atoms with E-state index in [2.05, 4.69) is 77.5 Å². The molecule has 0 saturated heterocycles. The van der Waals surface area contributed by atoms with Crippen LogP contribution in [0.25, 0.3) is 0 Å². The number of aromatic nitrogens is 2. The van der Waals surface area contributed by atoms with Crippen molar-refractivity contribution in [3.05, 3.63) is 65.9 Å². The van der Waals surface area contributed by atoms with E-state index >= 15 is 0 Å². The van der Waals surface area contributed by atoms with Gasteiger partial charge < -0.3 is 15.1 Å². The summed E-state index contributed by atoms with van der Waals surface area (Å²) in [6.07, 6.45) is 2.31. The first-order valence-corrected chi connectivity index (χ1v) is 13.0. The molecule has 3 aromatic rings. The fourth-order valence-electron chi connectivity index (χ4n) is 3.05. The van der Waals surface area contributed by atoms with Crippen molar-refractivity contribution in [1.82, 2.24) is 19.8 Å². The third-order valence-corrected chi connectivity index (χ3v) is 7.73. The number of H-pyrrole nitrogens is 1. The Balaban J connectivity index is 1.41. The van der Waals surface area contributed by atoms with Gasteiger partial charge in [-0.25, -0.2) is 4.98 Å². The van der Waals surface area contributed by atoms with Crippen LogP contribution in [-0.2, 0) is 25.3 Å². The van der Waals surface area contributed by atoms with Gasteiger partial charge in [0.15, 0.2) is 0 Å². The summed E-state index contributed by atoms with van der Waals surface area (Å²) in [4.78, 5) is 29.3. The smallest absolute Gasteiger partial charge is 0.255 e. The Labute approximate surface area is 196 Å². The summed E-state index contributed by atoms with van der Waals surface area (Å²) in [5.41, 5.74) is 0.629. The number of hydrogen-bond donors (Lipinski definition) is 2.